The van der Waals surface area contributed by atoms with Crippen molar-refractivity contribution < 1.29 is 0 Å². The van der Waals surface area contributed by atoms with E-state index in [9.17, 15) is 0 Å². The van der Waals surface area contributed by atoms with Crippen molar-refractivity contribution in [2.24, 2.45) is 0 Å². The molecular formula is C21H22N6. The van der Waals surface area contributed by atoms with Crippen molar-refractivity contribution in [1.82, 2.24) is 20.2 Å². The Morgan fingerprint density at radius 1 is 1.00 bits per heavy atom. The molecule has 2 aromatic carbocycles. The minimum atomic E-state index is 0.521. The van der Waals surface area contributed by atoms with Crippen LogP contribution in [0.5, 0.6) is 0 Å². The highest BCUT2D eigenvalue weighted by Gasteiger charge is 2.04. The molecule has 0 unspecified atom stereocenters. The number of fused-ring (bicyclic) bond motifs is 1. The van der Waals surface area contributed by atoms with Crippen molar-refractivity contribution >= 4 is 22.7 Å². The summed E-state index contributed by atoms with van der Waals surface area (Å²) in [5.41, 5.74) is 4.89. The van der Waals surface area contributed by atoms with Gasteiger partial charge in [-0.3, -0.25) is 0 Å². The number of aryl methyl sites for hydroxylation is 1. The second-order valence-corrected chi connectivity index (χ2v) is 6.54. The van der Waals surface area contributed by atoms with Crippen LogP contribution >= 0.6 is 0 Å². The summed E-state index contributed by atoms with van der Waals surface area (Å²) in [5, 5.41) is 15.9. The Hall–Kier alpha value is -3.41. The van der Waals surface area contributed by atoms with Gasteiger partial charge in [0.25, 0.3) is 0 Å². The van der Waals surface area contributed by atoms with E-state index in [4.69, 9.17) is 0 Å². The van der Waals surface area contributed by atoms with Gasteiger partial charge in [-0.25, -0.2) is 0 Å². The van der Waals surface area contributed by atoms with Crippen molar-refractivity contribution in [1.29, 1.82) is 0 Å². The molecule has 0 amide bonds. The number of rotatable bonds is 7. The summed E-state index contributed by atoms with van der Waals surface area (Å²) in [5.74, 6) is 1.24. The molecule has 4 aromatic rings. The molecule has 6 nitrogen and oxygen atoms in total. The molecule has 0 aliphatic carbocycles. The molecule has 136 valence electrons. The molecule has 2 heterocycles. The normalized spacial score (nSPS) is 10.9. The number of aromatic amines is 1. The first-order valence-corrected chi connectivity index (χ1v) is 9.06. The van der Waals surface area contributed by atoms with Crippen LogP contribution in [0.25, 0.3) is 10.9 Å². The zero-order valence-corrected chi connectivity index (χ0v) is 15.2. The van der Waals surface area contributed by atoms with Crippen LogP contribution in [0.1, 0.15) is 16.7 Å². The molecule has 0 spiro atoms. The van der Waals surface area contributed by atoms with Crippen molar-refractivity contribution in [3.63, 3.8) is 0 Å². The number of H-pyrrole nitrogens is 1. The van der Waals surface area contributed by atoms with Crippen molar-refractivity contribution in [3.05, 3.63) is 77.6 Å². The fraction of sp³-hybridized carbons (Fsp3) is 0.190. The number of aromatic nitrogens is 4. The van der Waals surface area contributed by atoms with Crippen LogP contribution in [-0.2, 0) is 13.0 Å². The average molecular weight is 358 g/mol. The third-order valence-corrected chi connectivity index (χ3v) is 4.51. The van der Waals surface area contributed by atoms with Crippen LogP contribution in [0.15, 0.2) is 60.9 Å². The molecule has 0 atom stereocenters. The molecule has 0 fully saturated rings. The average Bonchev–Trinajstić information content (AvgIpc) is 3.11. The number of para-hydroxylation sites is 1. The lowest BCUT2D eigenvalue weighted by Crippen LogP contribution is -2.10. The first-order chi connectivity index (χ1) is 13.3. The van der Waals surface area contributed by atoms with Crippen molar-refractivity contribution in [3.8, 4) is 0 Å². The molecule has 0 aliphatic heterocycles. The van der Waals surface area contributed by atoms with Gasteiger partial charge in [-0.15, -0.1) is 5.10 Å². The molecule has 0 saturated carbocycles. The van der Waals surface area contributed by atoms with Gasteiger partial charge in [-0.05, 0) is 30.5 Å². The monoisotopic (exact) mass is 358 g/mol. The zero-order chi connectivity index (χ0) is 18.5. The van der Waals surface area contributed by atoms with E-state index in [1.54, 1.807) is 6.20 Å². The smallest absolute Gasteiger partial charge is 0.244 e. The SMILES string of the molecule is Cc1ccc(CNc2nncc(NCCc3c[nH]c4ccccc34)n2)cc1. The summed E-state index contributed by atoms with van der Waals surface area (Å²) in [6.07, 6.45) is 4.62. The summed E-state index contributed by atoms with van der Waals surface area (Å²) >= 11 is 0. The highest BCUT2D eigenvalue weighted by molar-refractivity contribution is 5.83. The summed E-state index contributed by atoms with van der Waals surface area (Å²) in [7, 11) is 0. The van der Waals surface area contributed by atoms with Crippen LogP contribution < -0.4 is 10.6 Å². The summed E-state index contributed by atoms with van der Waals surface area (Å²) < 4.78 is 0. The van der Waals surface area contributed by atoms with Crippen molar-refractivity contribution in [2.75, 3.05) is 17.2 Å². The maximum atomic E-state index is 4.48. The molecule has 0 saturated heterocycles. The van der Waals surface area contributed by atoms with E-state index in [-0.39, 0.29) is 0 Å². The minimum Gasteiger partial charge on any atom is -0.368 e. The second kappa shape index (κ2) is 7.86. The maximum Gasteiger partial charge on any atom is 0.244 e. The van der Waals surface area contributed by atoms with Crippen molar-refractivity contribution in [2.45, 2.75) is 19.9 Å². The fourth-order valence-corrected chi connectivity index (χ4v) is 3.01. The van der Waals surface area contributed by atoms with E-state index in [2.05, 4.69) is 86.4 Å². The highest BCUT2D eigenvalue weighted by Crippen LogP contribution is 2.18. The van der Waals surface area contributed by atoms with Gasteiger partial charge in [0, 0.05) is 30.2 Å². The van der Waals surface area contributed by atoms with Gasteiger partial charge in [-0.1, -0.05) is 48.0 Å². The lowest BCUT2D eigenvalue weighted by atomic mass is 10.1. The lowest BCUT2D eigenvalue weighted by molar-refractivity contribution is 0.930. The number of nitrogens with one attached hydrogen (secondary N) is 3. The summed E-state index contributed by atoms with van der Waals surface area (Å²) in [6.45, 7) is 3.52. The summed E-state index contributed by atoms with van der Waals surface area (Å²) in [4.78, 5) is 7.79. The Bertz CT molecular complexity index is 1020. The number of benzene rings is 2. The van der Waals surface area contributed by atoms with Crippen LogP contribution in [-0.4, -0.2) is 26.7 Å². The third kappa shape index (κ3) is 4.23. The Morgan fingerprint density at radius 3 is 2.74 bits per heavy atom. The predicted molar refractivity (Wildman–Crippen MR) is 109 cm³/mol. The molecule has 6 heteroatoms. The largest absolute Gasteiger partial charge is 0.368 e. The molecule has 0 bridgehead atoms. The number of anilines is 2. The fourth-order valence-electron chi connectivity index (χ4n) is 3.01. The van der Waals surface area contributed by atoms with Gasteiger partial charge < -0.3 is 15.6 Å². The number of hydrogen-bond acceptors (Lipinski definition) is 5. The third-order valence-electron chi connectivity index (χ3n) is 4.51. The molecule has 4 rings (SSSR count). The molecule has 2 aromatic heterocycles. The molecular weight excluding hydrogens is 336 g/mol. The molecule has 0 aliphatic rings. The van der Waals surface area contributed by atoms with E-state index >= 15 is 0 Å². The van der Waals surface area contributed by atoms with Crippen LogP contribution in [0, 0.1) is 6.92 Å². The summed E-state index contributed by atoms with van der Waals surface area (Å²) in [6, 6.07) is 16.7. The molecule has 3 N–H and O–H groups in total. The number of hydrogen-bond donors (Lipinski definition) is 3. The van der Waals surface area contributed by atoms with Gasteiger partial charge in [-0.2, -0.15) is 10.1 Å². The topological polar surface area (TPSA) is 78.5 Å². The van der Waals surface area contributed by atoms with Gasteiger partial charge in [0.1, 0.15) is 0 Å². The zero-order valence-electron chi connectivity index (χ0n) is 15.2. The first kappa shape index (κ1) is 17.0. The minimum absolute atomic E-state index is 0.521. The Kier molecular flexibility index (Phi) is 4.96. The van der Waals surface area contributed by atoms with Crippen LogP contribution in [0.3, 0.4) is 0 Å². The van der Waals surface area contributed by atoms with Crippen LogP contribution in [0.2, 0.25) is 0 Å². The van der Waals surface area contributed by atoms with E-state index in [0.717, 1.165) is 18.8 Å². The Labute approximate surface area is 158 Å². The van der Waals surface area contributed by atoms with Gasteiger partial charge in [0.05, 0.1) is 6.20 Å². The molecule has 27 heavy (non-hydrogen) atoms. The Morgan fingerprint density at radius 2 is 1.85 bits per heavy atom. The van der Waals surface area contributed by atoms with E-state index in [1.165, 1.54) is 27.6 Å². The highest BCUT2D eigenvalue weighted by atomic mass is 15.3. The lowest BCUT2D eigenvalue weighted by Gasteiger charge is -2.08. The predicted octanol–water partition coefficient (Wildman–Crippen LogP) is 3.93. The van der Waals surface area contributed by atoms with E-state index in [0.29, 0.717) is 12.5 Å². The van der Waals surface area contributed by atoms with Gasteiger partial charge in [0.15, 0.2) is 5.82 Å². The second-order valence-electron chi connectivity index (χ2n) is 6.54. The number of nitrogens with zero attached hydrogens (tertiary/aromatic N) is 3. The van der Waals surface area contributed by atoms with Crippen LogP contribution in [0.4, 0.5) is 11.8 Å². The van der Waals surface area contributed by atoms with E-state index in [1.807, 2.05) is 6.07 Å². The Balaban J connectivity index is 1.33. The standard InChI is InChI=1S/C21H22N6/c1-15-6-8-16(9-7-15)12-24-21-26-20(14-25-27-21)22-11-10-17-13-23-19-5-3-2-4-18(17)19/h2-9,13-14,23H,10-12H2,1H3,(H2,22,24,26,27). The maximum absolute atomic E-state index is 4.48. The quantitative estimate of drug-likeness (QED) is 0.466. The van der Waals surface area contributed by atoms with Gasteiger partial charge in [0.2, 0.25) is 5.95 Å². The molecule has 0 radical (unpaired) electrons. The van der Waals surface area contributed by atoms with E-state index < -0.39 is 0 Å². The first-order valence-electron chi connectivity index (χ1n) is 9.06. The van der Waals surface area contributed by atoms with Gasteiger partial charge >= 0.3 is 0 Å².